The van der Waals surface area contributed by atoms with Crippen LogP contribution in [0.25, 0.3) is 0 Å². The lowest BCUT2D eigenvalue weighted by molar-refractivity contribution is 1.49. The molecule has 0 aliphatic carbocycles. The third-order valence-electron chi connectivity index (χ3n) is 0. The highest BCUT2D eigenvalue weighted by atomic mass is 35.5. The zero-order valence-electron chi connectivity index (χ0n) is 4.95. The molecule has 0 aromatic carbocycles. The van der Waals surface area contributed by atoms with Crippen LogP contribution in [0, 0.1) is 0 Å². The quantitative estimate of drug-likeness (QED) is 0.264. The van der Waals surface area contributed by atoms with E-state index in [2.05, 4.69) is 36.5 Å². The van der Waals surface area contributed by atoms with Gasteiger partial charge in [-0.15, -0.1) is 24.8 Å². The van der Waals surface area contributed by atoms with E-state index in [1.807, 2.05) is 0 Å². The fraction of sp³-hybridized carbons (Fsp3) is 0.400. The van der Waals surface area contributed by atoms with Crippen molar-refractivity contribution in [2.45, 2.75) is 0 Å². The molecular weight excluding hydrogens is 110 g/mol. The number of nitrogens with zero attached hydrogens (tertiary/aromatic N) is 1. The largest absolute Gasteiger partial charge is 0.304 e. The van der Waals surface area contributed by atoms with Gasteiger partial charge in [0.25, 0.3) is 0 Å². The molecule has 0 atom stereocenters. The molecule has 0 fully saturated rings. The van der Waals surface area contributed by atoms with Gasteiger partial charge in [0.05, 0.1) is 0 Å². The molecule has 0 aromatic heterocycles. The van der Waals surface area contributed by atoms with Crippen LogP contribution in [0.15, 0.2) is 18.2 Å². The van der Waals surface area contributed by atoms with Crippen molar-refractivity contribution in [1.29, 1.82) is 0 Å². The van der Waals surface area contributed by atoms with E-state index >= 15 is 0 Å². The van der Waals surface area contributed by atoms with Crippen molar-refractivity contribution in [3.8, 4) is 0 Å². The minimum absolute atomic E-state index is 1.47. The number of rotatable bonds is 0. The summed E-state index contributed by atoms with van der Waals surface area (Å²) in [5.41, 5.74) is 0. The molecule has 0 saturated heterocycles. The predicted molar refractivity (Wildman–Crippen MR) is 38.5 cm³/mol. The predicted octanol–water partition coefficient (Wildman–Crippen LogP) is 1.97. The molecule has 0 rings (SSSR count). The lowest BCUT2D eigenvalue weighted by atomic mass is 11.3. The molecule has 0 saturated carbocycles. The van der Waals surface area contributed by atoms with Gasteiger partial charge in [-0.3, -0.25) is 0 Å². The normalized spacial score (nSPS) is 3.29. The summed E-state index contributed by atoms with van der Waals surface area (Å²) < 4.78 is 0. The second kappa shape index (κ2) is 257. The SMILES string of the molecule is C=C.C=NC.CCl. The van der Waals surface area contributed by atoms with E-state index in [0.29, 0.717) is 0 Å². The molecule has 7 heavy (non-hydrogen) atoms. The van der Waals surface area contributed by atoms with E-state index < -0.39 is 0 Å². The number of hydrogen-bond donors (Lipinski definition) is 0. The first-order valence-electron chi connectivity index (χ1n) is 1.64. The summed E-state index contributed by atoms with van der Waals surface area (Å²) >= 11 is 4.64. The number of hydrogen-bond acceptors (Lipinski definition) is 1. The van der Waals surface area contributed by atoms with E-state index in [4.69, 9.17) is 0 Å². The van der Waals surface area contributed by atoms with Crippen molar-refractivity contribution in [1.82, 2.24) is 0 Å². The van der Waals surface area contributed by atoms with Crippen molar-refractivity contribution in [3.05, 3.63) is 13.2 Å². The number of aliphatic imine (C=N–C) groups is 1. The Morgan fingerprint density at radius 1 is 1.29 bits per heavy atom. The molecule has 0 amide bonds. The molecule has 0 N–H and O–H groups in total. The van der Waals surface area contributed by atoms with Crippen LogP contribution in [0.2, 0.25) is 0 Å². The summed E-state index contributed by atoms with van der Waals surface area (Å²) in [6.45, 7) is 9.11. The Hall–Kier alpha value is -0.300. The van der Waals surface area contributed by atoms with Gasteiger partial charge in [-0.05, 0) is 6.72 Å². The molecule has 0 unspecified atom stereocenters. The maximum absolute atomic E-state index is 4.64. The Balaban J connectivity index is -0.0000000360. The molecule has 0 spiro atoms. The smallest absolute Gasteiger partial charge is 0.0269 e. The van der Waals surface area contributed by atoms with Gasteiger partial charge in [0.15, 0.2) is 0 Å². The molecule has 0 aliphatic rings. The van der Waals surface area contributed by atoms with Crippen molar-refractivity contribution in [2.24, 2.45) is 4.99 Å². The average molecular weight is 122 g/mol. The molecule has 0 aromatic rings. The molecule has 2 heteroatoms. The molecular formula is C5H12ClN. The van der Waals surface area contributed by atoms with Crippen LogP contribution in [0.3, 0.4) is 0 Å². The van der Waals surface area contributed by atoms with Crippen LogP contribution in [0.5, 0.6) is 0 Å². The summed E-state index contributed by atoms with van der Waals surface area (Å²) in [6.07, 6.45) is 1.47. The van der Waals surface area contributed by atoms with E-state index in [1.54, 1.807) is 7.05 Å². The minimum atomic E-state index is 1.47. The van der Waals surface area contributed by atoms with E-state index in [0.717, 1.165) is 0 Å². The zero-order chi connectivity index (χ0) is 6.71. The lowest BCUT2D eigenvalue weighted by Gasteiger charge is -1.38. The van der Waals surface area contributed by atoms with E-state index in [-0.39, 0.29) is 0 Å². The lowest BCUT2D eigenvalue weighted by Crippen LogP contribution is -1.26. The molecule has 0 radical (unpaired) electrons. The highest BCUT2D eigenvalue weighted by molar-refractivity contribution is 6.15. The molecule has 0 heterocycles. The maximum Gasteiger partial charge on any atom is 0.0269 e. The second-order valence-electron chi connectivity index (χ2n) is 0.316. The van der Waals surface area contributed by atoms with Gasteiger partial charge in [0.2, 0.25) is 0 Å². The van der Waals surface area contributed by atoms with Gasteiger partial charge in [0, 0.05) is 13.4 Å². The zero-order valence-corrected chi connectivity index (χ0v) is 5.70. The summed E-state index contributed by atoms with van der Waals surface area (Å²) in [5.74, 6) is 0. The van der Waals surface area contributed by atoms with Gasteiger partial charge >= 0.3 is 0 Å². The summed E-state index contributed by atoms with van der Waals surface area (Å²) in [5, 5.41) is 0. The fourth-order valence-electron chi connectivity index (χ4n) is 0. The average Bonchev–Trinajstić information content (AvgIpc) is 1.78. The fourth-order valence-corrected chi connectivity index (χ4v) is 0. The van der Waals surface area contributed by atoms with Crippen molar-refractivity contribution >= 4 is 18.3 Å². The van der Waals surface area contributed by atoms with Crippen LogP contribution in [0.4, 0.5) is 0 Å². The molecule has 1 nitrogen and oxygen atoms in total. The van der Waals surface area contributed by atoms with Crippen LogP contribution in [0.1, 0.15) is 0 Å². The van der Waals surface area contributed by atoms with Gasteiger partial charge < -0.3 is 4.99 Å². The van der Waals surface area contributed by atoms with Crippen LogP contribution in [-0.4, -0.2) is 20.1 Å². The Kier molecular flexibility index (Phi) is 584. The Bertz CT molecular complexity index is 22.0. The third-order valence-corrected chi connectivity index (χ3v) is 0. The van der Waals surface area contributed by atoms with Crippen LogP contribution < -0.4 is 0 Å². The highest BCUT2D eigenvalue weighted by Crippen LogP contribution is 1.34. The molecule has 0 aliphatic heterocycles. The monoisotopic (exact) mass is 121 g/mol. The van der Waals surface area contributed by atoms with Crippen molar-refractivity contribution in [3.63, 3.8) is 0 Å². The molecule has 0 bridgehead atoms. The summed E-state index contributed by atoms with van der Waals surface area (Å²) in [6, 6.07) is 0. The van der Waals surface area contributed by atoms with E-state index in [1.165, 1.54) is 6.38 Å². The van der Waals surface area contributed by atoms with Crippen LogP contribution >= 0.6 is 11.6 Å². The first-order valence-corrected chi connectivity index (χ1v) is 2.40. The first-order chi connectivity index (χ1) is 3.41. The van der Waals surface area contributed by atoms with Crippen molar-refractivity contribution < 1.29 is 0 Å². The van der Waals surface area contributed by atoms with Crippen LogP contribution in [-0.2, 0) is 0 Å². The van der Waals surface area contributed by atoms with Crippen molar-refractivity contribution in [2.75, 3.05) is 13.4 Å². The van der Waals surface area contributed by atoms with Gasteiger partial charge in [-0.1, -0.05) is 0 Å². The standard InChI is InChI=1S/C2H5N.C2H4.CH3Cl/c1-3-2;2*1-2/h1H2,2H3;1-2H2;1H3. The topological polar surface area (TPSA) is 12.4 Å². The Morgan fingerprint density at radius 3 is 1.29 bits per heavy atom. The summed E-state index contributed by atoms with van der Waals surface area (Å²) in [7, 11) is 1.64. The van der Waals surface area contributed by atoms with Gasteiger partial charge in [-0.25, -0.2) is 0 Å². The summed E-state index contributed by atoms with van der Waals surface area (Å²) in [4.78, 5) is 3.25. The first kappa shape index (κ1) is 15.9. The second-order valence-corrected chi connectivity index (χ2v) is 0.316. The Morgan fingerprint density at radius 2 is 1.29 bits per heavy atom. The van der Waals surface area contributed by atoms with E-state index in [9.17, 15) is 0 Å². The molecule has 44 valence electrons. The number of halogens is 1. The third kappa shape index (κ3) is 867. The Labute approximate surface area is 50.7 Å². The maximum atomic E-state index is 4.64. The van der Waals surface area contributed by atoms with Gasteiger partial charge in [-0.2, -0.15) is 0 Å². The van der Waals surface area contributed by atoms with Gasteiger partial charge in [0.1, 0.15) is 0 Å². The highest BCUT2D eigenvalue weighted by Gasteiger charge is 1.09. The number of alkyl halides is 1. The minimum Gasteiger partial charge on any atom is -0.304 e.